The Kier molecular flexibility index (Phi) is 2.50. The number of carbonyl (C=O) groups is 1. The lowest BCUT2D eigenvalue weighted by atomic mass is 10.0. The molecule has 1 aliphatic rings. The summed E-state index contributed by atoms with van der Waals surface area (Å²) in [6.07, 6.45) is 0.403. The van der Waals surface area contributed by atoms with Crippen molar-refractivity contribution in [2.24, 2.45) is 5.92 Å². The highest BCUT2D eigenvalue weighted by atomic mass is 16.6. The molecular formula is C11H12O3. The van der Waals surface area contributed by atoms with Gasteiger partial charge in [-0.3, -0.25) is 4.79 Å². The summed E-state index contributed by atoms with van der Waals surface area (Å²) in [5.41, 5.74) is 0.997. The highest BCUT2D eigenvalue weighted by molar-refractivity contribution is 5.75. The molecule has 0 amide bonds. The first-order valence-electron chi connectivity index (χ1n) is 4.67. The molecule has 0 aromatic heterocycles. The second-order valence-corrected chi connectivity index (χ2v) is 3.45. The Hall–Kier alpha value is -1.35. The molecule has 1 N–H and O–H groups in total. The van der Waals surface area contributed by atoms with Crippen molar-refractivity contribution in [2.45, 2.75) is 12.5 Å². The molecular weight excluding hydrogens is 180 g/mol. The average Bonchev–Trinajstić information content (AvgIpc) is 2.61. The standard InChI is InChI=1S/C11H12O3/c12-7-9-6-10(14-11(9)13)8-4-2-1-3-5-8/h1-5,9-10,12H,6-7H2. The molecule has 1 heterocycles. The molecule has 1 fully saturated rings. The van der Waals surface area contributed by atoms with E-state index in [1.165, 1.54) is 0 Å². The van der Waals surface area contributed by atoms with E-state index in [1.807, 2.05) is 30.3 Å². The van der Waals surface area contributed by atoms with Gasteiger partial charge in [-0.25, -0.2) is 0 Å². The van der Waals surface area contributed by atoms with Crippen LogP contribution in [0.2, 0.25) is 0 Å². The van der Waals surface area contributed by atoms with Crippen molar-refractivity contribution in [2.75, 3.05) is 6.61 Å². The Morgan fingerprint density at radius 2 is 2.07 bits per heavy atom. The van der Waals surface area contributed by atoms with Crippen molar-refractivity contribution in [3.8, 4) is 0 Å². The molecule has 74 valence electrons. The number of aliphatic hydroxyl groups is 1. The van der Waals surface area contributed by atoms with E-state index in [1.54, 1.807) is 0 Å². The summed E-state index contributed by atoms with van der Waals surface area (Å²) in [6.45, 7) is -0.123. The molecule has 0 aliphatic carbocycles. The molecule has 0 spiro atoms. The summed E-state index contributed by atoms with van der Waals surface area (Å²) < 4.78 is 5.15. The fraction of sp³-hybridized carbons (Fsp3) is 0.364. The summed E-state index contributed by atoms with van der Waals surface area (Å²) >= 11 is 0. The third-order valence-corrected chi connectivity index (χ3v) is 2.48. The highest BCUT2D eigenvalue weighted by Crippen LogP contribution is 2.32. The minimum absolute atomic E-state index is 0.123. The minimum atomic E-state index is -0.347. The van der Waals surface area contributed by atoms with Crippen LogP contribution in [0, 0.1) is 5.92 Å². The third kappa shape index (κ3) is 1.63. The van der Waals surface area contributed by atoms with E-state index in [0.717, 1.165) is 5.56 Å². The van der Waals surface area contributed by atoms with E-state index in [9.17, 15) is 4.79 Å². The van der Waals surface area contributed by atoms with Crippen LogP contribution in [-0.2, 0) is 9.53 Å². The molecule has 1 aliphatic heterocycles. The Labute approximate surface area is 82.3 Å². The molecule has 2 unspecified atom stereocenters. The van der Waals surface area contributed by atoms with Crippen LogP contribution in [0.3, 0.4) is 0 Å². The van der Waals surface area contributed by atoms with Crippen LogP contribution >= 0.6 is 0 Å². The molecule has 3 nitrogen and oxygen atoms in total. The van der Waals surface area contributed by atoms with Crippen LogP contribution in [-0.4, -0.2) is 17.7 Å². The lowest BCUT2D eigenvalue weighted by Crippen LogP contribution is -2.11. The first-order chi connectivity index (χ1) is 6.81. The Bertz CT molecular complexity index is 321. The van der Waals surface area contributed by atoms with Crippen LogP contribution in [0.1, 0.15) is 18.1 Å². The smallest absolute Gasteiger partial charge is 0.312 e. The number of carbonyl (C=O) groups excluding carboxylic acids is 1. The number of cyclic esters (lactones) is 1. The zero-order valence-electron chi connectivity index (χ0n) is 7.72. The SMILES string of the molecule is O=C1OC(c2ccccc2)CC1CO. The molecule has 1 aromatic carbocycles. The maximum atomic E-state index is 11.2. The van der Waals surface area contributed by atoms with Crippen LogP contribution < -0.4 is 0 Å². The number of hydrogen-bond acceptors (Lipinski definition) is 3. The van der Waals surface area contributed by atoms with Gasteiger partial charge >= 0.3 is 5.97 Å². The van der Waals surface area contributed by atoms with Crippen LogP contribution in [0.15, 0.2) is 30.3 Å². The summed E-state index contributed by atoms with van der Waals surface area (Å²) in [5, 5.41) is 8.90. The predicted octanol–water partition coefficient (Wildman–Crippen LogP) is 1.28. The van der Waals surface area contributed by atoms with Gasteiger partial charge in [0.05, 0.1) is 12.5 Å². The average molecular weight is 192 g/mol. The van der Waals surface area contributed by atoms with Crippen LogP contribution in [0.25, 0.3) is 0 Å². The van der Waals surface area contributed by atoms with Gasteiger partial charge in [0.25, 0.3) is 0 Å². The summed E-state index contributed by atoms with van der Waals surface area (Å²) in [5.74, 6) is -0.637. The van der Waals surface area contributed by atoms with Gasteiger partial charge in [0.1, 0.15) is 6.10 Å². The minimum Gasteiger partial charge on any atom is -0.457 e. The van der Waals surface area contributed by atoms with Gasteiger partial charge in [0.2, 0.25) is 0 Å². The molecule has 3 heteroatoms. The predicted molar refractivity (Wildman–Crippen MR) is 50.5 cm³/mol. The summed E-state index contributed by atoms with van der Waals surface area (Å²) in [4.78, 5) is 11.2. The Morgan fingerprint density at radius 1 is 1.36 bits per heavy atom. The van der Waals surface area contributed by atoms with E-state index >= 15 is 0 Å². The van der Waals surface area contributed by atoms with Gasteiger partial charge in [-0.15, -0.1) is 0 Å². The largest absolute Gasteiger partial charge is 0.457 e. The maximum absolute atomic E-state index is 11.2. The fourth-order valence-corrected chi connectivity index (χ4v) is 1.66. The number of rotatable bonds is 2. The molecule has 0 bridgehead atoms. The molecule has 1 saturated heterocycles. The number of esters is 1. The normalized spacial score (nSPS) is 26.2. The van der Waals surface area contributed by atoms with Crippen molar-refractivity contribution < 1.29 is 14.6 Å². The monoisotopic (exact) mass is 192 g/mol. The van der Waals surface area contributed by atoms with Gasteiger partial charge in [-0.05, 0) is 5.56 Å². The number of ether oxygens (including phenoxy) is 1. The fourth-order valence-electron chi connectivity index (χ4n) is 1.66. The van der Waals surface area contributed by atoms with Gasteiger partial charge in [-0.1, -0.05) is 30.3 Å². The van der Waals surface area contributed by atoms with Gasteiger partial charge in [-0.2, -0.15) is 0 Å². The Morgan fingerprint density at radius 3 is 2.64 bits per heavy atom. The van der Waals surface area contributed by atoms with Gasteiger partial charge in [0.15, 0.2) is 0 Å². The van der Waals surface area contributed by atoms with E-state index in [0.29, 0.717) is 6.42 Å². The first kappa shape index (κ1) is 9.21. The third-order valence-electron chi connectivity index (χ3n) is 2.48. The van der Waals surface area contributed by atoms with Crippen LogP contribution in [0.4, 0.5) is 0 Å². The molecule has 2 rings (SSSR count). The van der Waals surface area contributed by atoms with Crippen molar-refractivity contribution in [3.05, 3.63) is 35.9 Å². The van der Waals surface area contributed by atoms with E-state index < -0.39 is 0 Å². The number of hydrogen-bond donors (Lipinski definition) is 1. The van der Waals surface area contributed by atoms with E-state index in [2.05, 4.69) is 0 Å². The lowest BCUT2D eigenvalue weighted by molar-refractivity contribution is -0.145. The van der Waals surface area contributed by atoms with Crippen molar-refractivity contribution in [1.82, 2.24) is 0 Å². The maximum Gasteiger partial charge on any atom is 0.312 e. The zero-order chi connectivity index (χ0) is 9.97. The van der Waals surface area contributed by atoms with E-state index in [-0.39, 0.29) is 24.6 Å². The number of aliphatic hydroxyl groups excluding tert-OH is 1. The molecule has 1 aromatic rings. The number of benzene rings is 1. The highest BCUT2D eigenvalue weighted by Gasteiger charge is 2.34. The van der Waals surface area contributed by atoms with E-state index in [4.69, 9.17) is 9.84 Å². The topological polar surface area (TPSA) is 46.5 Å². The van der Waals surface area contributed by atoms with Gasteiger partial charge in [0, 0.05) is 6.42 Å². The summed E-state index contributed by atoms with van der Waals surface area (Å²) in [7, 11) is 0. The van der Waals surface area contributed by atoms with Crippen molar-refractivity contribution >= 4 is 5.97 Å². The quantitative estimate of drug-likeness (QED) is 0.718. The van der Waals surface area contributed by atoms with Crippen LogP contribution in [0.5, 0.6) is 0 Å². The second-order valence-electron chi connectivity index (χ2n) is 3.45. The molecule has 0 saturated carbocycles. The van der Waals surface area contributed by atoms with Crippen molar-refractivity contribution in [3.63, 3.8) is 0 Å². The van der Waals surface area contributed by atoms with Gasteiger partial charge < -0.3 is 9.84 Å². The first-order valence-corrected chi connectivity index (χ1v) is 4.67. The lowest BCUT2D eigenvalue weighted by Gasteiger charge is -2.07. The molecule has 0 radical (unpaired) electrons. The molecule has 2 atom stereocenters. The zero-order valence-corrected chi connectivity index (χ0v) is 7.72. The summed E-state index contributed by atoms with van der Waals surface area (Å²) in [6, 6.07) is 9.60. The second kappa shape index (κ2) is 3.80. The Balaban J connectivity index is 2.13. The van der Waals surface area contributed by atoms with Crippen molar-refractivity contribution in [1.29, 1.82) is 0 Å². The molecule has 14 heavy (non-hydrogen) atoms.